The van der Waals surface area contributed by atoms with Crippen molar-refractivity contribution in [3.05, 3.63) is 95.1 Å². The van der Waals surface area contributed by atoms with Crippen molar-refractivity contribution >= 4 is 17.1 Å². The molecule has 0 fully saturated rings. The molecule has 4 aromatic carbocycles. The van der Waals surface area contributed by atoms with Gasteiger partial charge < -0.3 is 25.0 Å². The second-order valence-corrected chi connectivity index (χ2v) is 8.20. The van der Waals surface area contributed by atoms with E-state index in [0.29, 0.717) is 28.6 Å². The van der Waals surface area contributed by atoms with Gasteiger partial charge in [0.25, 0.3) is 0 Å². The highest BCUT2D eigenvalue weighted by Crippen LogP contribution is 2.47. The number of nitrogens with zero attached hydrogens (tertiary/aromatic N) is 1. The molecule has 0 spiro atoms. The topological polar surface area (TPSA) is 73.2 Å². The van der Waals surface area contributed by atoms with Crippen molar-refractivity contribution in [1.29, 1.82) is 0 Å². The van der Waals surface area contributed by atoms with Gasteiger partial charge in [0.2, 0.25) is 0 Å². The first-order chi connectivity index (χ1) is 15.8. The lowest BCUT2D eigenvalue weighted by atomic mass is 10.1. The number of phenolic OH excluding ortho intramolecular Hbond substituents is 3. The van der Waals surface area contributed by atoms with Gasteiger partial charge in [-0.15, -0.1) is 0 Å². The molecule has 0 amide bonds. The minimum atomic E-state index is 0.0937. The predicted octanol–water partition coefficient (Wildman–Crippen LogP) is 7.30. The fraction of sp³-hybridized carbons (Fsp3) is 0.143. The lowest BCUT2D eigenvalue weighted by molar-refractivity contribution is 0.406. The van der Waals surface area contributed by atoms with Crippen LogP contribution in [-0.4, -0.2) is 15.3 Å². The molecule has 0 radical (unpaired) electrons. The summed E-state index contributed by atoms with van der Waals surface area (Å²) in [5.74, 6) is 1.21. The van der Waals surface area contributed by atoms with Crippen molar-refractivity contribution in [3.63, 3.8) is 0 Å². The molecule has 0 aliphatic rings. The van der Waals surface area contributed by atoms with Gasteiger partial charge in [-0.3, -0.25) is 0 Å². The van der Waals surface area contributed by atoms with Gasteiger partial charge in [0.1, 0.15) is 17.2 Å². The number of aryl methyl sites for hydroxylation is 4. The van der Waals surface area contributed by atoms with Gasteiger partial charge in [-0.25, -0.2) is 0 Å². The van der Waals surface area contributed by atoms with Crippen LogP contribution in [0.1, 0.15) is 22.3 Å². The van der Waals surface area contributed by atoms with Gasteiger partial charge >= 0.3 is 0 Å². The number of aromatic hydroxyl groups is 3. The van der Waals surface area contributed by atoms with Crippen LogP contribution in [0.15, 0.2) is 72.8 Å². The molecule has 168 valence electrons. The van der Waals surface area contributed by atoms with Gasteiger partial charge in [-0.2, -0.15) is 0 Å². The van der Waals surface area contributed by atoms with E-state index in [1.165, 1.54) is 0 Å². The van der Waals surface area contributed by atoms with E-state index in [9.17, 15) is 15.3 Å². The molecule has 5 heteroatoms. The predicted molar refractivity (Wildman–Crippen MR) is 132 cm³/mol. The molecule has 5 nitrogen and oxygen atoms in total. The average Bonchev–Trinajstić information content (AvgIpc) is 2.78. The van der Waals surface area contributed by atoms with Crippen molar-refractivity contribution in [1.82, 2.24) is 0 Å². The Labute approximate surface area is 193 Å². The smallest absolute Gasteiger partial charge is 0.172 e. The summed E-state index contributed by atoms with van der Waals surface area (Å²) in [6.07, 6.45) is 0. The summed E-state index contributed by atoms with van der Waals surface area (Å²) in [5.41, 5.74) is 5.04. The Morgan fingerprint density at radius 3 is 1.73 bits per heavy atom. The van der Waals surface area contributed by atoms with Crippen LogP contribution in [0.25, 0.3) is 0 Å². The van der Waals surface area contributed by atoms with E-state index in [1.54, 1.807) is 30.3 Å². The van der Waals surface area contributed by atoms with Gasteiger partial charge in [0.05, 0.1) is 17.1 Å². The fourth-order valence-electron chi connectivity index (χ4n) is 3.94. The Morgan fingerprint density at radius 2 is 1.15 bits per heavy atom. The molecule has 0 heterocycles. The van der Waals surface area contributed by atoms with E-state index in [1.807, 2.05) is 75.1 Å². The third-order valence-corrected chi connectivity index (χ3v) is 5.71. The van der Waals surface area contributed by atoms with Crippen LogP contribution in [0.4, 0.5) is 17.1 Å². The number of ether oxygens (including phenoxy) is 1. The van der Waals surface area contributed by atoms with Gasteiger partial charge in [-0.05, 0) is 74.2 Å². The summed E-state index contributed by atoms with van der Waals surface area (Å²) in [6.45, 7) is 7.51. The van der Waals surface area contributed by atoms with E-state index in [4.69, 9.17) is 4.74 Å². The van der Waals surface area contributed by atoms with E-state index in [0.717, 1.165) is 22.3 Å². The molecule has 0 saturated heterocycles. The molecule has 0 bridgehead atoms. The summed E-state index contributed by atoms with van der Waals surface area (Å²) in [7, 11) is 0. The van der Waals surface area contributed by atoms with Crippen LogP contribution in [0, 0.1) is 27.7 Å². The molecule has 4 rings (SSSR count). The van der Waals surface area contributed by atoms with E-state index in [-0.39, 0.29) is 17.2 Å². The highest BCUT2D eigenvalue weighted by Gasteiger charge is 2.23. The number of phenols is 3. The van der Waals surface area contributed by atoms with Gasteiger partial charge in [0, 0.05) is 6.07 Å². The molecule has 33 heavy (non-hydrogen) atoms. The molecular weight excluding hydrogens is 414 g/mol. The largest absolute Gasteiger partial charge is 0.506 e. The number of hydrogen-bond acceptors (Lipinski definition) is 5. The van der Waals surface area contributed by atoms with E-state index < -0.39 is 0 Å². The van der Waals surface area contributed by atoms with Crippen LogP contribution in [0.2, 0.25) is 0 Å². The molecule has 0 aromatic heterocycles. The van der Waals surface area contributed by atoms with Crippen LogP contribution in [0.5, 0.6) is 28.7 Å². The third-order valence-electron chi connectivity index (χ3n) is 5.71. The van der Waals surface area contributed by atoms with Gasteiger partial charge in [0.15, 0.2) is 11.5 Å². The molecule has 0 saturated carbocycles. The average molecular weight is 442 g/mol. The molecule has 4 aromatic rings. The molecule has 0 aliphatic carbocycles. The third kappa shape index (κ3) is 4.17. The molecular formula is C28H27NO4. The van der Waals surface area contributed by atoms with Crippen molar-refractivity contribution in [2.24, 2.45) is 0 Å². The number of anilines is 3. The zero-order chi connectivity index (χ0) is 23.7. The molecule has 3 N–H and O–H groups in total. The maximum atomic E-state index is 10.8. The minimum Gasteiger partial charge on any atom is -0.506 e. The summed E-state index contributed by atoms with van der Waals surface area (Å²) in [6, 6.07) is 21.7. The lowest BCUT2D eigenvalue weighted by Gasteiger charge is -2.29. The fourth-order valence-corrected chi connectivity index (χ4v) is 3.94. The standard InChI is InChI=1S/C28H27NO4/c1-17-8-5-12-23(30)25(17)29(26-18(2)9-6-13-24(26)31)21-10-7-11-22(16-21)33-28-20(4)15-14-19(3)27(28)32/h5-16,30-32H,1-4H3. The maximum Gasteiger partial charge on any atom is 0.172 e. The number of benzene rings is 4. The second kappa shape index (κ2) is 8.79. The first-order valence-electron chi connectivity index (χ1n) is 10.7. The van der Waals surface area contributed by atoms with Gasteiger partial charge in [-0.1, -0.05) is 42.5 Å². The number of rotatable bonds is 5. The summed E-state index contributed by atoms with van der Waals surface area (Å²) >= 11 is 0. The summed E-state index contributed by atoms with van der Waals surface area (Å²) < 4.78 is 6.10. The van der Waals surface area contributed by atoms with Crippen molar-refractivity contribution in [2.75, 3.05) is 4.90 Å². The molecule has 0 aliphatic heterocycles. The van der Waals surface area contributed by atoms with Crippen LogP contribution < -0.4 is 9.64 Å². The summed E-state index contributed by atoms with van der Waals surface area (Å²) in [4.78, 5) is 1.82. The Balaban J connectivity index is 1.89. The Kier molecular flexibility index (Phi) is 5.88. The second-order valence-electron chi connectivity index (χ2n) is 8.20. The Bertz CT molecular complexity index is 1240. The zero-order valence-electron chi connectivity index (χ0n) is 19.1. The first kappa shape index (κ1) is 22.1. The number of para-hydroxylation sites is 2. The van der Waals surface area contributed by atoms with Crippen molar-refractivity contribution in [2.45, 2.75) is 27.7 Å². The summed E-state index contributed by atoms with van der Waals surface area (Å²) in [5, 5.41) is 32.1. The van der Waals surface area contributed by atoms with Crippen LogP contribution in [0.3, 0.4) is 0 Å². The SMILES string of the molecule is Cc1ccc(C)c(Oc2cccc(N(c3c(C)cccc3O)c3c(C)cccc3O)c2)c1O. The number of hydrogen-bond donors (Lipinski definition) is 3. The molecule has 0 unspecified atom stereocenters. The lowest BCUT2D eigenvalue weighted by Crippen LogP contribution is -2.13. The Hall–Kier alpha value is -4.12. The quantitative estimate of drug-likeness (QED) is 0.303. The van der Waals surface area contributed by atoms with E-state index in [2.05, 4.69) is 0 Å². The monoisotopic (exact) mass is 441 g/mol. The highest BCUT2D eigenvalue weighted by molar-refractivity contribution is 5.86. The van der Waals surface area contributed by atoms with Crippen molar-refractivity contribution in [3.8, 4) is 28.7 Å². The Morgan fingerprint density at radius 1 is 0.606 bits per heavy atom. The van der Waals surface area contributed by atoms with Crippen molar-refractivity contribution < 1.29 is 20.1 Å². The van der Waals surface area contributed by atoms with E-state index >= 15 is 0 Å². The van der Waals surface area contributed by atoms with Crippen LogP contribution in [-0.2, 0) is 0 Å². The first-order valence-corrected chi connectivity index (χ1v) is 10.7. The highest BCUT2D eigenvalue weighted by atomic mass is 16.5. The normalized spacial score (nSPS) is 10.8. The molecule has 0 atom stereocenters. The maximum absolute atomic E-state index is 10.8. The zero-order valence-corrected chi connectivity index (χ0v) is 19.1. The van der Waals surface area contributed by atoms with Crippen LogP contribution >= 0.6 is 0 Å². The minimum absolute atomic E-state index is 0.0937.